The smallest absolute Gasteiger partial charge is 0.186 e. The summed E-state index contributed by atoms with van der Waals surface area (Å²) in [7, 11) is 0. The number of benzene rings is 2. The Bertz CT molecular complexity index is 898. The number of rotatable bonds is 11. The van der Waals surface area contributed by atoms with Crippen molar-refractivity contribution >= 4 is 5.78 Å². The molecule has 3 rings (SSSR count). The SMILES string of the molecule is O=C(CCc1ccc(O)cc1)C[C@@H](CCc1ccc(O)cc1)O[C@@H]1O[C@H](CO)[C@@H](O)[C@H](O)[C@H]1O. The molecule has 186 valence electrons. The maximum Gasteiger partial charge on any atom is 0.186 e. The lowest BCUT2D eigenvalue weighted by Gasteiger charge is -2.40. The highest BCUT2D eigenvalue weighted by Gasteiger charge is 2.44. The van der Waals surface area contributed by atoms with Gasteiger partial charge in [0.05, 0.1) is 12.7 Å². The topological polar surface area (TPSA) is 157 Å². The first-order valence-electron chi connectivity index (χ1n) is 11.3. The first kappa shape index (κ1) is 26.1. The minimum absolute atomic E-state index is 0.0329. The van der Waals surface area contributed by atoms with Crippen molar-refractivity contribution < 1.29 is 44.9 Å². The van der Waals surface area contributed by atoms with E-state index in [1.54, 1.807) is 48.5 Å². The molecule has 9 heteroatoms. The average Bonchev–Trinajstić information content (AvgIpc) is 2.83. The molecule has 1 heterocycles. The second-order valence-corrected chi connectivity index (χ2v) is 8.57. The van der Waals surface area contributed by atoms with Gasteiger partial charge in [-0.15, -0.1) is 0 Å². The van der Waals surface area contributed by atoms with E-state index < -0.39 is 43.4 Å². The van der Waals surface area contributed by atoms with Crippen LogP contribution in [-0.4, -0.2) is 79.8 Å². The molecule has 2 aromatic rings. The standard InChI is InChI=1S/C25H32O9/c26-14-21-22(30)23(31)24(32)25(34-21)33-20(12-6-16-3-9-18(28)10-4-16)13-19(29)11-5-15-1-7-17(27)8-2-15/h1-4,7-10,20-28,30-32H,5-6,11-14H2/t20-,21-,22-,23+,24-,25-/m1/s1. The molecule has 0 radical (unpaired) electrons. The maximum atomic E-state index is 12.7. The Morgan fingerprint density at radius 3 is 1.97 bits per heavy atom. The van der Waals surface area contributed by atoms with Gasteiger partial charge in [-0.25, -0.2) is 0 Å². The highest BCUT2D eigenvalue weighted by molar-refractivity contribution is 5.79. The van der Waals surface area contributed by atoms with E-state index in [0.717, 1.165) is 11.1 Å². The van der Waals surface area contributed by atoms with Crippen molar-refractivity contribution in [2.24, 2.45) is 0 Å². The molecule has 2 aromatic carbocycles. The van der Waals surface area contributed by atoms with Crippen LogP contribution >= 0.6 is 0 Å². The number of carbonyl (C=O) groups is 1. The molecule has 1 aliphatic rings. The molecule has 0 amide bonds. The third-order valence-corrected chi connectivity index (χ3v) is 5.95. The molecule has 0 bridgehead atoms. The fourth-order valence-corrected chi connectivity index (χ4v) is 3.88. The van der Waals surface area contributed by atoms with Crippen molar-refractivity contribution in [2.45, 2.75) is 68.9 Å². The first-order valence-corrected chi connectivity index (χ1v) is 11.3. The Hall–Kier alpha value is -2.53. The summed E-state index contributed by atoms with van der Waals surface area (Å²) < 4.78 is 11.3. The highest BCUT2D eigenvalue weighted by atomic mass is 16.7. The summed E-state index contributed by atoms with van der Waals surface area (Å²) in [5.74, 6) is 0.216. The van der Waals surface area contributed by atoms with E-state index in [2.05, 4.69) is 0 Å². The van der Waals surface area contributed by atoms with Gasteiger partial charge in [0, 0.05) is 12.8 Å². The van der Waals surface area contributed by atoms with Gasteiger partial charge < -0.3 is 40.1 Å². The van der Waals surface area contributed by atoms with Crippen LogP contribution in [0.2, 0.25) is 0 Å². The van der Waals surface area contributed by atoms with Crippen LogP contribution in [0, 0.1) is 0 Å². The molecular weight excluding hydrogens is 444 g/mol. The van der Waals surface area contributed by atoms with E-state index >= 15 is 0 Å². The second kappa shape index (κ2) is 12.3. The average molecular weight is 477 g/mol. The quantitative estimate of drug-likeness (QED) is 0.276. The molecule has 0 saturated carbocycles. The number of aliphatic hydroxyl groups excluding tert-OH is 4. The summed E-state index contributed by atoms with van der Waals surface area (Å²) in [6.45, 7) is -0.575. The number of carbonyl (C=O) groups excluding carboxylic acids is 1. The summed E-state index contributed by atoms with van der Waals surface area (Å²) in [6, 6.07) is 13.2. The largest absolute Gasteiger partial charge is 0.508 e. The van der Waals surface area contributed by atoms with Crippen LogP contribution in [0.5, 0.6) is 11.5 Å². The normalized spacial score (nSPS) is 25.7. The fraction of sp³-hybridized carbons (Fsp3) is 0.480. The number of hydrogen-bond acceptors (Lipinski definition) is 9. The third kappa shape index (κ3) is 7.23. The van der Waals surface area contributed by atoms with Crippen molar-refractivity contribution in [1.29, 1.82) is 0 Å². The van der Waals surface area contributed by atoms with Crippen LogP contribution in [0.25, 0.3) is 0 Å². The second-order valence-electron chi connectivity index (χ2n) is 8.57. The van der Waals surface area contributed by atoms with Crippen LogP contribution in [0.4, 0.5) is 0 Å². The maximum absolute atomic E-state index is 12.7. The number of aliphatic hydroxyl groups is 4. The lowest BCUT2D eigenvalue weighted by atomic mass is 9.98. The van der Waals surface area contributed by atoms with E-state index in [0.29, 0.717) is 19.3 Å². The van der Waals surface area contributed by atoms with Crippen LogP contribution in [-0.2, 0) is 27.1 Å². The summed E-state index contributed by atoms with van der Waals surface area (Å²) in [5.41, 5.74) is 1.82. The predicted molar refractivity (Wildman–Crippen MR) is 121 cm³/mol. The van der Waals surface area contributed by atoms with Crippen LogP contribution in [0.3, 0.4) is 0 Å². The molecule has 1 aliphatic heterocycles. The van der Waals surface area contributed by atoms with E-state index in [1.165, 1.54) is 0 Å². The minimum Gasteiger partial charge on any atom is -0.508 e. The van der Waals surface area contributed by atoms with Crippen molar-refractivity contribution in [2.75, 3.05) is 6.61 Å². The van der Waals surface area contributed by atoms with Gasteiger partial charge in [-0.2, -0.15) is 0 Å². The Balaban J connectivity index is 1.64. The zero-order chi connectivity index (χ0) is 24.7. The molecule has 6 atom stereocenters. The molecule has 34 heavy (non-hydrogen) atoms. The molecule has 0 aromatic heterocycles. The number of ketones is 1. The predicted octanol–water partition coefficient (Wildman–Crippen LogP) is 0.807. The molecule has 1 fully saturated rings. The minimum atomic E-state index is -1.57. The summed E-state index contributed by atoms with van der Waals surface area (Å²) in [4.78, 5) is 12.7. The fourth-order valence-electron chi connectivity index (χ4n) is 3.88. The molecule has 0 unspecified atom stereocenters. The summed E-state index contributed by atoms with van der Waals surface area (Å²) in [6.07, 6.45) is -6.03. The van der Waals surface area contributed by atoms with Crippen molar-refractivity contribution in [3.05, 3.63) is 59.7 Å². The third-order valence-electron chi connectivity index (χ3n) is 5.95. The van der Waals surface area contributed by atoms with Crippen LogP contribution in [0.15, 0.2) is 48.5 Å². The number of hydrogen-bond donors (Lipinski definition) is 6. The molecular formula is C25H32O9. The van der Waals surface area contributed by atoms with Crippen molar-refractivity contribution in [3.8, 4) is 11.5 Å². The van der Waals surface area contributed by atoms with Gasteiger partial charge >= 0.3 is 0 Å². The lowest BCUT2D eigenvalue weighted by Crippen LogP contribution is -2.59. The van der Waals surface area contributed by atoms with Gasteiger partial charge in [-0.05, 0) is 54.7 Å². The Morgan fingerprint density at radius 1 is 0.853 bits per heavy atom. The van der Waals surface area contributed by atoms with Crippen LogP contribution in [0.1, 0.15) is 30.4 Å². The van der Waals surface area contributed by atoms with E-state index in [4.69, 9.17) is 9.47 Å². The van der Waals surface area contributed by atoms with Gasteiger partial charge in [-0.1, -0.05) is 24.3 Å². The number of phenols is 2. The van der Waals surface area contributed by atoms with E-state index in [9.17, 15) is 35.4 Å². The van der Waals surface area contributed by atoms with Gasteiger partial charge in [-0.3, -0.25) is 4.79 Å². The van der Waals surface area contributed by atoms with Crippen LogP contribution < -0.4 is 0 Å². The molecule has 9 nitrogen and oxygen atoms in total. The summed E-state index contributed by atoms with van der Waals surface area (Å²) in [5, 5.41) is 58.6. The highest BCUT2D eigenvalue weighted by Crippen LogP contribution is 2.25. The van der Waals surface area contributed by atoms with Gasteiger partial charge in [0.2, 0.25) is 0 Å². The first-order chi connectivity index (χ1) is 16.3. The Kier molecular flexibility index (Phi) is 9.40. The van der Waals surface area contributed by atoms with E-state index in [-0.39, 0.29) is 30.1 Å². The van der Waals surface area contributed by atoms with E-state index in [1.807, 2.05) is 0 Å². The Labute approximate surface area is 197 Å². The van der Waals surface area contributed by atoms with Crippen molar-refractivity contribution in [3.63, 3.8) is 0 Å². The van der Waals surface area contributed by atoms with Crippen molar-refractivity contribution in [1.82, 2.24) is 0 Å². The Morgan fingerprint density at radius 2 is 1.41 bits per heavy atom. The zero-order valence-corrected chi connectivity index (χ0v) is 18.7. The van der Waals surface area contributed by atoms with Gasteiger partial charge in [0.1, 0.15) is 41.7 Å². The molecule has 6 N–H and O–H groups in total. The lowest BCUT2D eigenvalue weighted by molar-refractivity contribution is -0.311. The number of aromatic hydroxyl groups is 2. The van der Waals surface area contributed by atoms with Gasteiger partial charge in [0.15, 0.2) is 6.29 Å². The number of Topliss-reactive ketones (excluding diaryl/α,β-unsaturated/α-hetero) is 1. The summed E-state index contributed by atoms with van der Waals surface area (Å²) >= 11 is 0. The number of phenolic OH excluding ortho intramolecular Hbond substituents is 2. The van der Waals surface area contributed by atoms with Gasteiger partial charge in [0.25, 0.3) is 0 Å². The zero-order valence-electron chi connectivity index (χ0n) is 18.7. The number of ether oxygens (including phenoxy) is 2. The molecule has 1 saturated heterocycles. The monoisotopic (exact) mass is 476 g/mol. The molecule has 0 aliphatic carbocycles. The molecule has 0 spiro atoms. The number of aryl methyl sites for hydroxylation is 2.